The Bertz CT molecular complexity index is 592. The fraction of sp³-hybridized carbons (Fsp3) is 0.750. The Kier molecular flexibility index (Phi) is 3.59. The first-order valence-corrected chi connectivity index (χ1v) is 8.48. The number of rotatable bonds is 4. The normalized spacial score (nSPS) is 37.4. The lowest BCUT2D eigenvalue weighted by molar-refractivity contribution is -0.143. The van der Waals surface area contributed by atoms with Crippen LogP contribution in [0.15, 0.2) is 0 Å². The SMILES string of the molecule is O=C(O)C1CCN(C(=O)CCN2C(=O)C3C4CCC(O4)C3C2=O)C1. The second-order valence-electron chi connectivity index (χ2n) is 7.08. The Morgan fingerprint density at radius 2 is 1.71 bits per heavy atom. The molecular weight excluding hydrogens is 316 g/mol. The second kappa shape index (κ2) is 5.54. The summed E-state index contributed by atoms with van der Waals surface area (Å²) in [6.45, 7) is 0.706. The van der Waals surface area contributed by atoms with Crippen molar-refractivity contribution in [2.24, 2.45) is 17.8 Å². The van der Waals surface area contributed by atoms with Crippen molar-refractivity contribution in [3.63, 3.8) is 0 Å². The summed E-state index contributed by atoms with van der Waals surface area (Å²) in [6.07, 6.45) is 1.86. The van der Waals surface area contributed by atoms with Gasteiger partial charge in [-0.3, -0.25) is 24.1 Å². The van der Waals surface area contributed by atoms with Gasteiger partial charge in [0.2, 0.25) is 17.7 Å². The molecule has 0 aromatic heterocycles. The second-order valence-corrected chi connectivity index (χ2v) is 7.08. The van der Waals surface area contributed by atoms with Gasteiger partial charge in [-0.15, -0.1) is 0 Å². The van der Waals surface area contributed by atoms with Gasteiger partial charge in [0, 0.05) is 26.1 Å². The van der Waals surface area contributed by atoms with E-state index in [2.05, 4.69) is 0 Å². The number of aliphatic carboxylic acids is 1. The Balaban J connectivity index is 1.35. The molecule has 4 rings (SSSR count). The van der Waals surface area contributed by atoms with E-state index < -0.39 is 11.9 Å². The highest BCUT2D eigenvalue weighted by atomic mass is 16.5. The summed E-state index contributed by atoms with van der Waals surface area (Å²) in [6, 6.07) is 0. The summed E-state index contributed by atoms with van der Waals surface area (Å²) in [4.78, 5) is 50.9. The summed E-state index contributed by atoms with van der Waals surface area (Å²) in [5.74, 6) is -2.76. The van der Waals surface area contributed by atoms with Crippen molar-refractivity contribution in [1.82, 2.24) is 9.80 Å². The van der Waals surface area contributed by atoms with Crippen molar-refractivity contribution in [3.8, 4) is 0 Å². The van der Waals surface area contributed by atoms with Crippen LogP contribution in [-0.4, -0.2) is 70.4 Å². The van der Waals surface area contributed by atoms with Crippen molar-refractivity contribution in [3.05, 3.63) is 0 Å². The summed E-state index contributed by atoms with van der Waals surface area (Å²) in [5, 5.41) is 8.98. The molecule has 2 bridgehead atoms. The lowest BCUT2D eigenvalue weighted by Crippen LogP contribution is -2.38. The summed E-state index contributed by atoms with van der Waals surface area (Å²) in [7, 11) is 0. The van der Waals surface area contributed by atoms with E-state index in [1.54, 1.807) is 0 Å². The molecule has 4 fully saturated rings. The fourth-order valence-electron chi connectivity index (χ4n) is 4.55. The van der Waals surface area contributed by atoms with Gasteiger partial charge < -0.3 is 14.7 Å². The minimum Gasteiger partial charge on any atom is -0.481 e. The van der Waals surface area contributed by atoms with E-state index in [9.17, 15) is 19.2 Å². The molecule has 0 aromatic rings. The van der Waals surface area contributed by atoms with Crippen molar-refractivity contribution in [2.75, 3.05) is 19.6 Å². The first-order valence-electron chi connectivity index (χ1n) is 8.48. The zero-order chi connectivity index (χ0) is 17.0. The van der Waals surface area contributed by atoms with E-state index in [-0.39, 0.29) is 61.3 Å². The number of hydrogen-bond donors (Lipinski definition) is 1. The van der Waals surface area contributed by atoms with Gasteiger partial charge in [-0.1, -0.05) is 0 Å². The Morgan fingerprint density at radius 3 is 2.25 bits per heavy atom. The van der Waals surface area contributed by atoms with Gasteiger partial charge in [-0.05, 0) is 19.3 Å². The van der Waals surface area contributed by atoms with Crippen LogP contribution >= 0.6 is 0 Å². The van der Waals surface area contributed by atoms with Crippen LogP contribution < -0.4 is 0 Å². The molecule has 5 atom stereocenters. The molecule has 4 aliphatic rings. The van der Waals surface area contributed by atoms with Gasteiger partial charge in [0.05, 0.1) is 30.0 Å². The third-order valence-corrected chi connectivity index (χ3v) is 5.82. The zero-order valence-corrected chi connectivity index (χ0v) is 13.2. The first-order chi connectivity index (χ1) is 11.5. The topological polar surface area (TPSA) is 104 Å². The Hall–Kier alpha value is -1.96. The third kappa shape index (κ3) is 2.23. The molecule has 0 spiro atoms. The number of ether oxygens (including phenoxy) is 1. The molecule has 24 heavy (non-hydrogen) atoms. The maximum atomic E-state index is 12.5. The molecule has 8 heteroatoms. The lowest BCUT2D eigenvalue weighted by atomic mass is 9.81. The highest BCUT2D eigenvalue weighted by Crippen LogP contribution is 2.48. The van der Waals surface area contributed by atoms with E-state index in [1.165, 1.54) is 9.80 Å². The highest BCUT2D eigenvalue weighted by Gasteiger charge is 2.62. The predicted molar refractivity (Wildman–Crippen MR) is 78.5 cm³/mol. The largest absolute Gasteiger partial charge is 0.481 e. The van der Waals surface area contributed by atoms with Crippen molar-refractivity contribution >= 4 is 23.7 Å². The van der Waals surface area contributed by atoms with Crippen LogP contribution in [0.5, 0.6) is 0 Å². The predicted octanol–water partition coefficient (Wildman–Crippen LogP) is -0.528. The van der Waals surface area contributed by atoms with Crippen LogP contribution in [-0.2, 0) is 23.9 Å². The number of amides is 3. The lowest BCUT2D eigenvalue weighted by Gasteiger charge is -2.20. The maximum absolute atomic E-state index is 12.5. The van der Waals surface area contributed by atoms with E-state index in [1.807, 2.05) is 0 Å². The monoisotopic (exact) mass is 336 g/mol. The van der Waals surface area contributed by atoms with Crippen molar-refractivity contribution < 1.29 is 29.0 Å². The average Bonchev–Trinajstić information content (AvgIpc) is 3.30. The van der Waals surface area contributed by atoms with Crippen LogP contribution in [0.25, 0.3) is 0 Å². The molecule has 0 radical (unpaired) electrons. The fourth-order valence-corrected chi connectivity index (χ4v) is 4.55. The number of imide groups is 1. The summed E-state index contributed by atoms with van der Waals surface area (Å²) >= 11 is 0. The number of carboxylic acids is 1. The van der Waals surface area contributed by atoms with Gasteiger partial charge >= 0.3 is 5.97 Å². The minimum absolute atomic E-state index is 0.0550. The van der Waals surface area contributed by atoms with E-state index in [0.29, 0.717) is 13.0 Å². The number of fused-ring (bicyclic) bond motifs is 5. The van der Waals surface area contributed by atoms with Crippen LogP contribution in [0.3, 0.4) is 0 Å². The number of nitrogens with zero attached hydrogens (tertiary/aromatic N) is 2. The smallest absolute Gasteiger partial charge is 0.308 e. The zero-order valence-electron chi connectivity index (χ0n) is 13.2. The molecule has 0 aromatic carbocycles. The van der Waals surface area contributed by atoms with Gasteiger partial charge in [-0.25, -0.2) is 0 Å². The highest BCUT2D eigenvalue weighted by molar-refractivity contribution is 6.06. The third-order valence-electron chi connectivity index (χ3n) is 5.82. The molecule has 5 unspecified atom stereocenters. The number of likely N-dealkylation sites (tertiary alicyclic amines) is 2. The van der Waals surface area contributed by atoms with Gasteiger partial charge in [-0.2, -0.15) is 0 Å². The summed E-state index contributed by atoms with van der Waals surface area (Å²) < 4.78 is 5.67. The van der Waals surface area contributed by atoms with Crippen LogP contribution in [0.4, 0.5) is 0 Å². The number of hydrogen-bond acceptors (Lipinski definition) is 5. The molecule has 3 amide bonds. The van der Waals surface area contributed by atoms with Gasteiger partial charge in [0.25, 0.3) is 0 Å². The van der Waals surface area contributed by atoms with E-state index in [4.69, 9.17) is 9.84 Å². The molecule has 130 valence electrons. The van der Waals surface area contributed by atoms with Crippen molar-refractivity contribution in [1.29, 1.82) is 0 Å². The average molecular weight is 336 g/mol. The minimum atomic E-state index is -0.890. The maximum Gasteiger partial charge on any atom is 0.308 e. The van der Waals surface area contributed by atoms with Crippen molar-refractivity contribution in [2.45, 2.75) is 37.9 Å². The molecule has 4 aliphatic heterocycles. The summed E-state index contributed by atoms with van der Waals surface area (Å²) in [5.41, 5.74) is 0. The van der Waals surface area contributed by atoms with E-state index in [0.717, 1.165) is 12.8 Å². The molecule has 1 N–H and O–H groups in total. The first kappa shape index (κ1) is 15.6. The Labute approximate surface area is 138 Å². The van der Waals surface area contributed by atoms with Crippen LogP contribution in [0.1, 0.15) is 25.7 Å². The van der Waals surface area contributed by atoms with E-state index >= 15 is 0 Å². The molecule has 4 saturated heterocycles. The number of carbonyl (C=O) groups excluding carboxylic acids is 3. The molecule has 0 aliphatic carbocycles. The standard InChI is InChI=1S/C16H20N2O6/c19-11(17-5-3-8(7-17)16(22)23)4-6-18-14(20)12-9-1-2-10(24-9)13(12)15(18)21/h8-10,12-13H,1-7H2,(H,22,23). The molecule has 0 saturated carbocycles. The molecule has 8 nitrogen and oxygen atoms in total. The number of carbonyl (C=O) groups is 4. The molecule has 4 heterocycles. The number of carboxylic acid groups (broad SMARTS) is 1. The van der Waals surface area contributed by atoms with Gasteiger partial charge in [0.1, 0.15) is 0 Å². The molecular formula is C16H20N2O6. The van der Waals surface area contributed by atoms with Crippen LogP contribution in [0.2, 0.25) is 0 Å². The van der Waals surface area contributed by atoms with Crippen LogP contribution in [0, 0.1) is 17.8 Å². The quantitative estimate of drug-likeness (QED) is 0.692. The Morgan fingerprint density at radius 1 is 1.08 bits per heavy atom. The van der Waals surface area contributed by atoms with Gasteiger partial charge in [0.15, 0.2) is 0 Å².